The lowest BCUT2D eigenvalue weighted by molar-refractivity contribution is 0.817. The highest BCUT2D eigenvalue weighted by Gasteiger charge is 2.08. The number of rotatable bonds is 3. The summed E-state index contributed by atoms with van der Waals surface area (Å²) in [6.07, 6.45) is 6.39. The van der Waals surface area contributed by atoms with Crippen molar-refractivity contribution < 1.29 is 0 Å². The van der Waals surface area contributed by atoms with Crippen LogP contribution in [0.4, 0.5) is 0 Å². The third-order valence-corrected chi connectivity index (χ3v) is 2.97. The molecule has 0 unspecified atom stereocenters. The Labute approximate surface area is 101 Å². The van der Waals surface area contributed by atoms with E-state index in [-0.39, 0.29) is 0 Å². The molecule has 0 fully saturated rings. The van der Waals surface area contributed by atoms with Crippen molar-refractivity contribution in [1.82, 2.24) is 9.55 Å². The topological polar surface area (TPSA) is 17.8 Å². The van der Waals surface area contributed by atoms with E-state index in [4.69, 9.17) is 6.42 Å². The molecule has 2 aromatic rings. The third-order valence-electron chi connectivity index (χ3n) is 2.69. The van der Waals surface area contributed by atoms with E-state index < -0.39 is 0 Å². The van der Waals surface area contributed by atoms with E-state index >= 15 is 0 Å². The zero-order valence-corrected chi connectivity index (χ0v) is 10.2. The number of nitrogens with zero attached hydrogens (tertiary/aromatic N) is 2. The Morgan fingerprint density at radius 3 is 2.94 bits per heavy atom. The lowest BCUT2D eigenvalue weighted by atomic mass is 10.1. The van der Waals surface area contributed by atoms with Gasteiger partial charge in [-0.25, -0.2) is 4.98 Å². The molecule has 0 saturated heterocycles. The summed E-state index contributed by atoms with van der Waals surface area (Å²) in [5.74, 6) is 4.20. The van der Waals surface area contributed by atoms with E-state index in [1.54, 1.807) is 0 Å². The SMILES string of the molecule is C#CCn1c(CS)nc2cc(CC)ccc21. The van der Waals surface area contributed by atoms with Gasteiger partial charge in [0.05, 0.1) is 17.6 Å². The predicted molar refractivity (Wildman–Crippen MR) is 70.6 cm³/mol. The normalized spacial score (nSPS) is 10.6. The minimum Gasteiger partial charge on any atom is -0.315 e. The van der Waals surface area contributed by atoms with Gasteiger partial charge in [0.1, 0.15) is 5.82 Å². The van der Waals surface area contributed by atoms with Gasteiger partial charge < -0.3 is 4.57 Å². The highest BCUT2D eigenvalue weighted by atomic mass is 32.1. The Bertz CT molecular complexity index is 549. The molecule has 0 amide bonds. The van der Waals surface area contributed by atoms with Crippen molar-refractivity contribution >= 4 is 23.7 Å². The molecule has 2 nitrogen and oxygen atoms in total. The zero-order chi connectivity index (χ0) is 11.5. The van der Waals surface area contributed by atoms with Crippen molar-refractivity contribution in [2.45, 2.75) is 25.6 Å². The Kier molecular flexibility index (Phi) is 3.21. The molecule has 0 bridgehead atoms. The van der Waals surface area contributed by atoms with E-state index in [2.05, 4.69) is 48.7 Å². The van der Waals surface area contributed by atoms with Gasteiger partial charge in [-0.2, -0.15) is 12.6 Å². The maximum Gasteiger partial charge on any atom is 0.120 e. The molecule has 16 heavy (non-hydrogen) atoms. The quantitative estimate of drug-likeness (QED) is 0.634. The van der Waals surface area contributed by atoms with E-state index in [0.29, 0.717) is 12.3 Å². The Morgan fingerprint density at radius 2 is 2.31 bits per heavy atom. The first kappa shape index (κ1) is 11.1. The summed E-state index contributed by atoms with van der Waals surface area (Å²) in [4.78, 5) is 4.55. The zero-order valence-electron chi connectivity index (χ0n) is 9.27. The average molecular weight is 230 g/mol. The molecule has 2 rings (SSSR count). The fraction of sp³-hybridized carbons (Fsp3) is 0.308. The van der Waals surface area contributed by atoms with Crippen molar-refractivity contribution in [1.29, 1.82) is 0 Å². The van der Waals surface area contributed by atoms with Crippen LogP contribution in [0.25, 0.3) is 11.0 Å². The number of terminal acetylenes is 1. The summed E-state index contributed by atoms with van der Waals surface area (Å²) in [6, 6.07) is 6.33. The van der Waals surface area contributed by atoms with Crippen molar-refractivity contribution in [3.63, 3.8) is 0 Å². The molecule has 0 aliphatic heterocycles. The summed E-state index contributed by atoms with van der Waals surface area (Å²) >= 11 is 4.28. The largest absolute Gasteiger partial charge is 0.315 e. The molecule has 0 saturated carbocycles. The number of hydrogen-bond donors (Lipinski definition) is 1. The molecule has 1 heterocycles. The van der Waals surface area contributed by atoms with Gasteiger partial charge in [-0.05, 0) is 24.1 Å². The van der Waals surface area contributed by atoms with Gasteiger partial charge in [0, 0.05) is 5.75 Å². The summed E-state index contributed by atoms with van der Waals surface area (Å²) in [5, 5.41) is 0. The van der Waals surface area contributed by atoms with Gasteiger partial charge in [-0.3, -0.25) is 0 Å². The molecule has 0 radical (unpaired) electrons. The highest BCUT2D eigenvalue weighted by molar-refractivity contribution is 7.79. The molecule has 0 aliphatic rings. The summed E-state index contributed by atoms with van der Waals surface area (Å²) in [6.45, 7) is 2.69. The fourth-order valence-corrected chi connectivity index (χ4v) is 2.08. The number of imidazole rings is 1. The molecule has 0 aliphatic carbocycles. The van der Waals surface area contributed by atoms with Crippen molar-refractivity contribution in [3.8, 4) is 12.3 Å². The van der Waals surface area contributed by atoms with Crippen LogP contribution < -0.4 is 0 Å². The van der Waals surface area contributed by atoms with Gasteiger partial charge in [-0.1, -0.05) is 18.9 Å². The molecule has 3 heteroatoms. The summed E-state index contributed by atoms with van der Waals surface area (Å²) < 4.78 is 2.04. The van der Waals surface area contributed by atoms with Crippen LogP contribution in [0.5, 0.6) is 0 Å². The maximum atomic E-state index is 5.37. The Balaban J connectivity index is 2.63. The van der Waals surface area contributed by atoms with Gasteiger partial charge in [0.2, 0.25) is 0 Å². The van der Waals surface area contributed by atoms with Crippen LogP contribution in [-0.4, -0.2) is 9.55 Å². The molecule has 82 valence electrons. The van der Waals surface area contributed by atoms with E-state index in [1.807, 2.05) is 4.57 Å². The molecular formula is C13H14N2S. The molecule has 1 aromatic carbocycles. The highest BCUT2D eigenvalue weighted by Crippen LogP contribution is 2.19. The second kappa shape index (κ2) is 4.63. The van der Waals surface area contributed by atoms with E-state index in [1.165, 1.54) is 5.56 Å². The second-order valence-corrected chi connectivity index (χ2v) is 3.97. The average Bonchev–Trinajstić information content (AvgIpc) is 2.67. The molecule has 0 atom stereocenters. The monoisotopic (exact) mass is 230 g/mol. The molecule has 1 aromatic heterocycles. The number of aryl methyl sites for hydroxylation is 1. The summed E-state index contributed by atoms with van der Waals surface area (Å²) in [7, 11) is 0. The standard InChI is InChI=1S/C13H14N2S/c1-3-7-15-12-6-5-10(4-2)8-11(12)14-13(15)9-16/h1,5-6,8,16H,4,7,9H2,2H3. The maximum absolute atomic E-state index is 5.37. The van der Waals surface area contributed by atoms with Crippen molar-refractivity contribution in [3.05, 3.63) is 29.6 Å². The van der Waals surface area contributed by atoms with Gasteiger partial charge in [-0.15, -0.1) is 6.42 Å². The Morgan fingerprint density at radius 1 is 1.50 bits per heavy atom. The predicted octanol–water partition coefficient (Wildman–Crippen LogP) is 2.66. The van der Waals surface area contributed by atoms with Gasteiger partial charge >= 0.3 is 0 Å². The van der Waals surface area contributed by atoms with Crippen molar-refractivity contribution in [2.75, 3.05) is 0 Å². The van der Waals surface area contributed by atoms with E-state index in [0.717, 1.165) is 23.3 Å². The summed E-state index contributed by atoms with van der Waals surface area (Å²) in [5.41, 5.74) is 3.40. The Hall–Kier alpha value is -1.40. The number of thiol groups is 1. The van der Waals surface area contributed by atoms with Crippen molar-refractivity contribution in [2.24, 2.45) is 0 Å². The van der Waals surface area contributed by atoms with Gasteiger partial charge in [0.25, 0.3) is 0 Å². The second-order valence-electron chi connectivity index (χ2n) is 3.65. The minimum atomic E-state index is 0.553. The van der Waals surface area contributed by atoms with Crippen LogP contribution in [0.15, 0.2) is 18.2 Å². The van der Waals surface area contributed by atoms with Crippen LogP contribution in [-0.2, 0) is 18.7 Å². The van der Waals surface area contributed by atoms with Gasteiger partial charge in [0.15, 0.2) is 0 Å². The van der Waals surface area contributed by atoms with E-state index in [9.17, 15) is 0 Å². The third kappa shape index (κ3) is 1.81. The smallest absolute Gasteiger partial charge is 0.120 e. The van der Waals surface area contributed by atoms with Crippen LogP contribution in [0.2, 0.25) is 0 Å². The number of benzene rings is 1. The van der Waals surface area contributed by atoms with Crippen LogP contribution in [0.3, 0.4) is 0 Å². The lowest BCUT2D eigenvalue weighted by Gasteiger charge is -2.02. The van der Waals surface area contributed by atoms with Crippen LogP contribution in [0, 0.1) is 12.3 Å². The first-order valence-electron chi connectivity index (χ1n) is 5.32. The van der Waals surface area contributed by atoms with Crippen LogP contribution in [0.1, 0.15) is 18.3 Å². The molecule has 0 spiro atoms. The first-order valence-corrected chi connectivity index (χ1v) is 5.95. The fourth-order valence-electron chi connectivity index (χ4n) is 1.83. The lowest BCUT2D eigenvalue weighted by Crippen LogP contribution is -2.00. The van der Waals surface area contributed by atoms with Crippen LogP contribution >= 0.6 is 12.6 Å². The first-order chi connectivity index (χ1) is 7.80. The number of hydrogen-bond acceptors (Lipinski definition) is 2. The molecule has 0 N–H and O–H groups in total. The number of aromatic nitrogens is 2. The number of fused-ring (bicyclic) bond motifs is 1. The molecular weight excluding hydrogens is 216 g/mol. The minimum absolute atomic E-state index is 0.553.